The van der Waals surface area contributed by atoms with Crippen LogP contribution < -0.4 is 5.73 Å². The highest BCUT2D eigenvalue weighted by Gasteiger charge is 1.96. The van der Waals surface area contributed by atoms with Crippen LogP contribution >= 0.6 is 24.0 Å². The summed E-state index contributed by atoms with van der Waals surface area (Å²) >= 11 is 6.53. The molecule has 1 rings (SSSR count). The maximum atomic E-state index is 5.42. The quantitative estimate of drug-likeness (QED) is 0.440. The summed E-state index contributed by atoms with van der Waals surface area (Å²) < 4.78 is 0.533. The predicted molar refractivity (Wildman–Crippen MR) is 54.0 cm³/mol. The third-order valence-electron chi connectivity index (χ3n) is 1.40. The van der Waals surface area contributed by atoms with Crippen molar-refractivity contribution in [3.63, 3.8) is 0 Å². The molecule has 1 aromatic rings. The van der Waals surface area contributed by atoms with E-state index in [1.54, 1.807) is 11.8 Å². The van der Waals surface area contributed by atoms with Gasteiger partial charge < -0.3 is 10.7 Å². The number of aromatic nitrogens is 2. The van der Waals surface area contributed by atoms with Gasteiger partial charge >= 0.3 is 0 Å². The zero-order valence-corrected chi connectivity index (χ0v) is 8.47. The van der Waals surface area contributed by atoms with Gasteiger partial charge in [0.2, 0.25) is 0 Å². The molecule has 0 spiro atoms. The van der Waals surface area contributed by atoms with Gasteiger partial charge in [0.25, 0.3) is 0 Å². The van der Waals surface area contributed by atoms with Gasteiger partial charge in [-0.3, -0.25) is 0 Å². The molecule has 0 saturated carbocycles. The number of rotatable bonds is 3. The van der Waals surface area contributed by atoms with E-state index in [1.165, 1.54) is 0 Å². The fraction of sp³-hybridized carbons (Fsp3) is 0.429. The Morgan fingerprint density at radius 1 is 1.75 bits per heavy atom. The lowest BCUT2D eigenvalue weighted by Gasteiger charge is -2.00. The second-order valence-corrected chi connectivity index (χ2v) is 3.51. The van der Waals surface area contributed by atoms with E-state index >= 15 is 0 Å². The molecule has 0 unspecified atom stereocenters. The van der Waals surface area contributed by atoms with Crippen molar-refractivity contribution < 1.29 is 0 Å². The van der Waals surface area contributed by atoms with Crippen LogP contribution in [-0.2, 0) is 6.42 Å². The smallest absolute Gasteiger partial charge is 0.198 e. The molecule has 0 bridgehead atoms. The van der Waals surface area contributed by atoms with Crippen LogP contribution in [0.1, 0.15) is 5.69 Å². The molecule has 1 heterocycles. The van der Waals surface area contributed by atoms with Crippen LogP contribution in [0.15, 0.2) is 11.1 Å². The number of nitrogens with two attached hydrogens (primary N) is 1. The molecule has 0 fully saturated rings. The predicted octanol–water partition coefficient (Wildman–Crippen LogP) is 1.36. The standard InChI is InChI=1S/C7H11N3S2/c1-12-6-4-5(2-3-8)9-7(11)10-6/h4H,2-3,8H2,1H3,(H,9,10,11). The third kappa shape index (κ3) is 2.58. The highest BCUT2D eigenvalue weighted by Crippen LogP contribution is 2.11. The summed E-state index contributed by atoms with van der Waals surface area (Å²) in [5.74, 6) is 0. The number of nitrogens with zero attached hydrogens (tertiary/aromatic N) is 1. The molecule has 0 saturated heterocycles. The number of nitrogens with one attached hydrogen (secondary N) is 1. The average Bonchev–Trinajstić information content (AvgIpc) is 2.04. The summed E-state index contributed by atoms with van der Waals surface area (Å²) in [6.45, 7) is 0.628. The van der Waals surface area contributed by atoms with Crippen molar-refractivity contribution in [3.05, 3.63) is 16.5 Å². The van der Waals surface area contributed by atoms with E-state index in [1.807, 2.05) is 12.3 Å². The first-order chi connectivity index (χ1) is 5.76. The normalized spacial score (nSPS) is 10.2. The molecule has 3 N–H and O–H groups in total. The van der Waals surface area contributed by atoms with Crippen LogP contribution in [0.4, 0.5) is 0 Å². The summed E-state index contributed by atoms with van der Waals surface area (Å²) in [4.78, 5) is 7.11. The second-order valence-electron chi connectivity index (χ2n) is 2.29. The highest BCUT2D eigenvalue weighted by molar-refractivity contribution is 7.98. The monoisotopic (exact) mass is 201 g/mol. The van der Waals surface area contributed by atoms with E-state index in [4.69, 9.17) is 18.0 Å². The van der Waals surface area contributed by atoms with Gasteiger partial charge in [-0.1, -0.05) is 0 Å². The molecule has 66 valence electrons. The number of H-pyrrole nitrogens is 1. The molecular weight excluding hydrogens is 190 g/mol. The molecule has 12 heavy (non-hydrogen) atoms. The minimum atomic E-state index is 0.533. The van der Waals surface area contributed by atoms with E-state index in [2.05, 4.69) is 9.97 Å². The van der Waals surface area contributed by atoms with Gasteiger partial charge in [-0.05, 0) is 37.5 Å². The van der Waals surface area contributed by atoms with Gasteiger partial charge in [-0.2, -0.15) is 0 Å². The second kappa shape index (κ2) is 4.59. The summed E-state index contributed by atoms with van der Waals surface area (Å²) in [6, 6.07) is 1.98. The van der Waals surface area contributed by atoms with Gasteiger partial charge in [-0.25, -0.2) is 4.98 Å². The Morgan fingerprint density at radius 2 is 2.50 bits per heavy atom. The molecule has 0 aliphatic rings. The lowest BCUT2D eigenvalue weighted by atomic mass is 10.3. The lowest BCUT2D eigenvalue weighted by molar-refractivity contribution is 0.877. The molecule has 0 aliphatic heterocycles. The van der Waals surface area contributed by atoms with E-state index in [-0.39, 0.29) is 0 Å². The first-order valence-electron chi connectivity index (χ1n) is 3.60. The fourth-order valence-electron chi connectivity index (χ4n) is 0.878. The Morgan fingerprint density at radius 3 is 3.08 bits per heavy atom. The SMILES string of the molecule is CSc1cc(CCN)[nH]c(=S)n1. The van der Waals surface area contributed by atoms with Crippen molar-refractivity contribution in [2.24, 2.45) is 5.73 Å². The molecule has 0 aromatic carbocycles. The Bertz CT molecular complexity index is 308. The Balaban J connectivity index is 2.98. The summed E-state index contributed by atoms with van der Waals surface area (Å²) in [6.07, 6.45) is 2.79. The highest BCUT2D eigenvalue weighted by atomic mass is 32.2. The van der Waals surface area contributed by atoms with E-state index in [0.29, 0.717) is 11.3 Å². The summed E-state index contributed by atoms with van der Waals surface area (Å²) in [5, 5.41) is 0.946. The molecule has 1 aromatic heterocycles. The third-order valence-corrected chi connectivity index (χ3v) is 2.22. The first-order valence-corrected chi connectivity index (χ1v) is 5.24. The fourth-order valence-corrected chi connectivity index (χ4v) is 1.61. The molecule has 0 radical (unpaired) electrons. The topological polar surface area (TPSA) is 54.7 Å². The van der Waals surface area contributed by atoms with Crippen LogP contribution in [-0.4, -0.2) is 22.8 Å². The van der Waals surface area contributed by atoms with Gasteiger partial charge in [0.05, 0.1) is 0 Å². The molecule has 0 amide bonds. The van der Waals surface area contributed by atoms with Crippen molar-refractivity contribution >= 4 is 24.0 Å². The number of hydrogen-bond donors (Lipinski definition) is 2. The van der Waals surface area contributed by atoms with Crippen LogP contribution in [0.5, 0.6) is 0 Å². The van der Waals surface area contributed by atoms with Crippen LogP contribution in [0, 0.1) is 4.77 Å². The molecule has 3 nitrogen and oxygen atoms in total. The van der Waals surface area contributed by atoms with Crippen molar-refractivity contribution in [3.8, 4) is 0 Å². The average molecular weight is 201 g/mol. The van der Waals surface area contributed by atoms with Crippen LogP contribution in [0.25, 0.3) is 0 Å². The molecule has 0 aliphatic carbocycles. The number of hydrogen-bond acceptors (Lipinski definition) is 4. The van der Waals surface area contributed by atoms with E-state index < -0.39 is 0 Å². The van der Waals surface area contributed by atoms with Gasteiger partial charge in [0.1, 0.15) is 5.03 Å². The summed E-state index contributed by atoms with van der Waals surface area (Å²) in [5.41, 5.74) is 6.48. The van der Waals surface area contributed by atoms with Crippen molar-refractivity contribution in [2.75, 3.05) is 12.8 Å². The number of thioether (sulfide) groups is 1. The Hall–Kier alpha value is -0.390. The molecular formula is C7H11N3S2. The van der Waals surface area contributed by atoms with Crippen molar-refractivity contribution in [1.82, 2.24) is 9.97 Å². The maximum Gasteiger partial charge on any atom is 0.198 e. The maximum absolute atomic E-state index is 5.42. The zero-order chi connectivity index (χ0) is 8.97. The number of aromatic amines is 1. The first kappa shape index (κ1) is 9.70. The van der Waals surface area contributed by atoms with E-state index in [9.17, 15) is 0 Å². The van der Waals surface area contributed by atoms with Gasteiger partial charge in [0.15, 0.2) is 4.77 Å². The molecule has 5 heteroatoms. The zero-order valence-electron chi connectivity index (χ0n) is 6.83. The minimum Gasteiger partial charge on any atom is -0.334 e. The van der Waals surface area contributed by atoms with Crippen molar-refractivity contribution in [1.29, 1.82) is 0 Å². The molecule has 0 atom stereocenters. The van der Waals surface area contributed by atoms with E-state index in [0.717, 1.165) is 17.1 Å². The van der Waals surface area contributed by atoms with Crippen LogP contribution in [0.3, 0.4) is 0 Å². The Kier molecular flexibility index (Phi) is 3.71. The minimum absolute atomic E-state index is 0.533. The van der Waals surface area contributed by atoms with Crippen LogP contribution in [0.2, 0.25) is 0 Å². The summed E-state index contributed by atoms with van der Waals surface area (Å²) in [7, 11) is 0. The largest absolute Gasteiger partial charge is 0.334 e. The Labute approximate surface area is 80.8 Å². The van der Waals surface area contributed by atoms with Gasteiger partial charge in [0, 0.05) is 5.69 Å². The lowest BCUT2D eigenvalue weighted by Crippen LogP contribution is -2.05. The van der Waals surface area contributed by atoms with Crippen molar-refractivity contribution in [2.45, 2.75) is 11.4 Å². The van der Waals surface area contributed by atoms with Gasteiger partial charge in [-0.15, -0.1) is 11.8 Å².